The van der Waals surface area contributed by atoms with Crippen molar-refractivity contribution in [3.8, 4) is 0 Å². The Hall–Kier alpha value is -2.37. The summed E-state index contributed by atoms with van der Waals surface area (Å²) in [7, 11) is 0. The van der Waals surface area contributed by atoms with Crippen LogP contribution in [-0.4, -0.2) is 37.2 Å². The summed E-state index contributed by atoms with van der Waals surface area (Å²) in [5, 5.41) is 0. The third kappa shape index (κ3) is 52.6. The topological polar surface area (TPSA) is 78.9 Å². The van der Waals surface area contributed by atoms with Gasteiger partial charge in [-0.1, -0.05) is 250 Å². The van der Waals surface area contributed by atoms with Crippen LogP contribution in [0, 0.1) is 0 Å². The van der Waals surface area contributed by atoms with E-state index < -0.39 is 6.10 Å². The lowest BCUT2D eigenvalue weighted by Gasteiger charge is -2.18. The average Bonchev–Trinajstić information content (AvgIpc) is 3.31. The number of rotatable bonds is 53. The quantitative estimate of drug-likeness (QED) is 0.0262. The number of esters is 3. The normalized spacial score (nSPS) is 12.2. The van der Waals surface area contributed by atoms with E-state index >= 15 is 0 Å². The standard InChI is InChI=1S/C60H110O6/c1-4-7-10-13-16-19-22-25-28-30-32-35-38-41-44-47-50-53-59(62)65-56-57(55-64-58(61)52-49-46-43-40-37-34-27-24-21-18-15-12-9-6-3)66-60(63)54-51-48-45-42-39-36-33-31-29-26-23-20-17-14-11-8-5-2/h16,19,25,28,34,37,57H,4-15,17-18,20-24,26-27,29-33,35-36,38-56H2,1-3H3/b19-16-,28-25-,37-34-. The predicted molar refractivity (Wildman–Crippen MR) is 284 cm³/mol. The molecule has 0 fully saturated rings. The van der Waals surface area contributed by atoms with E-state index in [1.165, 1.54) is 186 Å². The highest BCUT2D eigenvalue weighted by atomic mass is 16.6. The van der Waals surface area contributed by atoms with Gasteiger partial charge in [-0.05, 0) is 77.0 Å². The molecular formula is C60H110O6. The molecule has 1 unspecified atom stereocenters. The van der Waals surface area contributed by atoms with Crippen LogP contribution >= 0.6 is 0 Å². The summed E-state index contributed by atoms with van der Waals surface area (Å²) in [6.07, 6.45) is 65.6. The molecule has 386 valence electrons. The second-order valence-electron chi connectivity index (χ2n) is 19.6. The molecule has 0 amide bonds. The molecule has 0 aliphatic heterocycles. The van der Waals surface area contributed by atoms with Crippen molar-refractivity contribution >= 4 is 17.9 Å². The second kappa shape index (κ2) is 55.2. The molecule has 0 rings (SSSR count). The molecule has 0 aromatic carbocycles. The molecule has 0 saturated heterocycles. The number of unbranched alkanes of at least 4 members (excludes halogenated alkanes) is 36. The fraction of sp³-hybridized carbons (Fsp3) is 0.850. The molecule has 0 radical (unpaired) electrons. The molecule has 0 aliphatic carbocycles. The van der Waals surface area contributed by atoms with Gasteiger partial charge in [0.15, 0.2) is 6.10 Å². The summed E-state index contributed by atoms with van der Waals surface area (Å²) in [4.78, 5) is 38.1. The second-order valence-corrected chi connectivity index (χ2v) is 19.6. The first kappa shape index (κ1) is 63.6. The Bertz CT molecular complexity index is 1110. The maximum atomic E-state index is 12.9. The lowest BCUT2D eigenvalue weighted by molar-refractivity contribution is -0.167. The van der Waals surface area contributed by atoms with E-state index in [0.717, 1.165) is 83.5 Å². The van der Waals surface area contributed by atoms with Gasteiger partial charge in [-0.15, -0.1) is 0 Å². The zero-order chi connectivity index (χ0) is 47.9. The van der Waals surface area contributed by atoms with Crippen molar-refractivity contribution in [2.45, 2.75) is 316 Å². The Morgan fingerprint density at radius 1 is 0.303 bits per heavy atom. The number of carbonyl (C=O) groups is 3. The average molecular weight is 928 g/mol. The van der Waals surface area contributed by atoms with Crippen LogP contribution in [0.5, 0.6) is 0 Å². The zero-order valence-corrected chi connectivity index (χ0v) is 44.2. The smallest absolute Gasteiger partial charge is 0.306 e. The van der Waals surface area contributed by atoms with E-state index in [1.54, 1.807) is 0 Å². The summed E-state index contributed by atoms with van der Waals surface area (Å²) < 4.78 is 16.9. The van der Waals surface area contributed by atoms with Gasteiger partial charge in [0.25, 0.3) is 0 Å². The van der Waals surface area contributed by atoms with Gasteiger partial charge in [0, 0.05) is 19.3 Å². The SMILES string of the molecule is CCCCC/C=C\C/C=C\CCCCCCCCCC(=O)OCC(COC(=O)CCCCC/C=C\CCCCCCCCC)OC(=O)CCCCCCCCCCCCCCCCCCC. The van der Waals surface area contributed by atoms with Crippen LogP contribution in [0.25, 0.3) is 0 Å². The molecule has 1 atom stereocenters. The van der Waals surface area contributed by atoms with Crippen LogP contribution in [0.1, 0.15) is 310 Å². The van der Waals surface area contributed by atoms with Crippen LogP contribution < -0.4 is 0 Å². The molecular weight excluding hydrogens is 817 g/mol. The predicted octanol–water partition coefficient (Wildman–Crippen LogP) is 19.3. The number of hydrogen-bond acceptors (Lipinski definition) is 6. The Morgan fingerprint density at radius 2 is 0.545 bits per heavy atom. The van der Waals surface area contributed by atoms with E-state index in [0.29, 0.717) is 19.3 Å². The summed E-state index contributed by atoms with van der Waals surface area (Å²) in [6, 6.07) is 0. The monoisotopic (exact) mass is 927 g/mol. The number of allylic oxidation sites excluding steroid dienone is 6. The van der Waals surface area contributed by atoms with Crippen LogP contribution in [0.3, 0.4) is 0 Å². The van der Waals surface area contributed by atoms with Crippen LogP contribution in [-0.2, 0) is 28.6 Å². The zero-order valence-electron chi connectivity index (χ0n) is 44.2. The van der Waals surface area contributed by atoms with E-state index in [2.05, 4.69) is 57.2 Å². The summed E-state index contributed by atoms with van der Waals surface area (Å²) in [6.45, 7) is 6.63. The van der Waals surface area contributed by atoms with Gasteiger partial charge >= 0.3 is 17.9 Å². The van der Waals surface area contributed by atoms with Crippen molar-refractivity contribution in [3.63, 3.8) is 0 Å². The largest absolute Gasteiger partial charge is 0.462 e. The highest BCUT2D eigenvalue weighted by Crippen LogP contribution is 2.16. The molecule has 6 heteroatoms. The van der Waals surface area contributed by atoms with Gasteiger partial charge in [0.2, 0.25) is 0 Å². The van der Waals surface area contributed by atoms with Crippen molar-refractivity contribution in [1.29, 1.82) is 0 Å². The maximum absolute atomic E-state index is 12.9. The molecule has 0 heterocycles. The van der Waals surface area contributed by atoms with Gasteiger partial charge in [-0.3, -0.25) is 14.4 Å². The van der Waals surface area contributed by atoms with Crippen LogP contribution in [0.2, 0.25) is 0 Å². The Balaban J connectivity index is 4.36. The Labute approximate surface area is 410 Å². The third-order valence-corrected chi connectivity index (χ3v) is 12.9. The fourth-order valence-electron chi connectivity index (χ4n) is 8.47. The first-order chi connectivity index (χ1) is 32.5. The van der Waals surface area contributed by atoms with Crippen molar-refractivity contribution in [3.05, 3.63) is 36.5 Å². The van der Waals surface area contributed by atoms with Gasteiger partial charge < -0.3 is 14.2 Å². The lowest BCUT2D eigenvalue weighted by Crippen LogP contribution is -2.30. The highest BCUT2D eigenvalue weighted by molar-refractivity contribution is 5.71. The first-order valence-electron chi connectivity index (χ1n) is 29.0. The van der Waals surface area contributed by atoms with Crippen molar-refractivity contribution in [2.75, 3.05) is 13.2 Å². The fourth-order valence-corrected chi connectivity index (χ4v) is 8.47. The van der Waals surface area contributed by atoms with Crippen LogP contribution in [0.4, 0.5) is 0 Å². The van der Waals surface area contributed by atoms with Crippen molar-refractivity contribution in [2.24, 2.45) is 0 Å². The minimum Gasteiger partial charge on any atom is -0.462 e. The molecule has 0 aromatic rings. The minimum atomic E-state index is -0.778. The van der Waals surface area contributed by atoms with Gasteiger partial charge in [-0.2, -0.15) is 0 Å². The number of ether oxygens (including phenoxy) is 3. The Kier molecular flexibility index (Phi) is 53.2. The number of carbonyl (C=O) groups excluding carboxylic acids is 3. The van der Waals surface area contributed by atoms with Gasteiger partial charge in [0.1, 0.15) is 13.2 Å². The molecule has 0 bridgehead atoms. The van der Waals surface area contributed by atoms with E-state index in [4.69, 9.17) is 14.2 Å². The molecule has 0 aromatic heterocycles. The van der Waals surface area contributed by atoms with Crippen molar-refractivity contribution < 1.29 is 28.6 Å². The molecule has 0 saturated carbocycles. The Morgan fingerprint density at radius 3 is 0.894 bits per heavy atom. The minimum absolute atomic E-state index is 0.0776. The maximum Gasteiger partial charge on any atom is 0.306 e. The van der Waals surface area contributed by atoms with E-state index in [9.17, 15) is 14.4 Å². The highest BCUT2D eigenvalue weighted by Gasteiger charge is 2.19. The van der Waals surface area contributed by atoms with Gasteiger partial charge in [-0.25, -0.2) is 0 Å². The number of hydrogen-bond donors (Lipinski definition) is 0. The van der Waals surface area contributed by atoms with Crippen LogP contribution in [0.15, 0.2) is 36.5 Å². The molecule has 0 N–H and O–H groups in total. The first-order valence-corrected chi connectivity index (χ1v) is 29.0. The summed E-state index contributed by atoms with van der Waals surface area (Å²) in [5.74, 6) is -0.883. The summed E-state index contributed by atoms with van der Waals surface area (Å²) in [5.41, 5.74) is 0. The summed E-state index contributed by atoms with van der Waals surface area (Å²) >= 11 is 0. The lowest BCUT2D eigenvalue weighted by atomic mass is 10.0. The molecule has 6 nitrogen and oxygen atoms in total. The third-order valence-electron chi connectivity index (χ3n) is 12.9. The van der Waals surface area contributed by atoms with Crippen molar-refractivity contribution in [1.82, 2.24) is 0 Å². The van der Waals surface area contributed by atoms with E-state index in [1.807, 2.05) is 0 Å². The van der Waals surface area contributed by atoms with E-state index in [-0.39, 0.29) is 31.1 Å². The molecule has 0 aliphatic rings. The molecule has 0 spiro atoms. The molecule has 66 heavy (non-hydrogen) atoms. The van der Waals surface area contributed by atoms with Gasteiger partial charge in [0.05, 0.1) is 0 Å².